The highest BCUT2D eigenvalue weighted by atomic mass is 16.5. The Bertz CT molecular complexity index is 426. The molecule has 3 nitrogen and oxygen atoms in total. The number of ether oxygens (including phenoxy) is 1. The van der Waals surface area contributed by atoms with Crippen LogP contribution in [0.25, 0.3) is 5.57 Å². The first-order chi connectivity index (χ1) is 8.70. The van der Waals surface area contributed by atoms with Crippen LogP contribution in [0, 0.1) is 5.92 Å². The lowest BCUT2D eigenvalue weighted by Crippen LogP contribution is -2.24. The van der Waals surface area contributed by atoms with Gasteiger partial charge < -0.3 is 9.64 Å². The summed E-state index contributed by atoms with van der Waals surface area (Å²) in [5, 5.41) is 0. The van der Waals surface area contributed by atoms with Gasteiger partial charge in [-0.3, -0.25) is 4.98 Å². The lowest BCUT2D eigenvalue weighted by Gasteiger charge is -2.27. The molecule has 1 unspecified atom stereocenters. The molecule has 2 rings (SSSR count). The molecule has 0 bridgehead atoms. The Kier molecular flexibility index (Phi) is 4.37. The van der Waals surface area contributed by atoms with Crippen LogP contribution in [0.1, 0.15) is 24.8 Å². The highest BCUT2D eigenvalue weighted by Crippen LogP contribution is 2.33. The molecule has 0 spiro atoms. The van der Waals surface area contributed by atoms with Crippen LogP contribution in [-0.4, -0.2) is 37.6 Å². The second-order valence-electron chi connectivity index (χ2n) is 5.16. The van der Waals surface area contributed by atoms with E-state index >= 15 is 0 Å². The number of rotatable bonds is 4. The molecule has 1 aromatic rings. The van der Waals surface area contributed by atoms with E-state index in [1.54, 1.807) is 13.3 Å². The van der Waals surface area contributed by atoms with Crippen molar-refractivity contribution >= 4 is 5.57 Å². The summed E-state index contributed by atoms with van der Waals surface area (Å²) in [5.41, 5.74) is 2.64. The molecule has 0 saturated heterocycles. The number of methoxy groups -OCH3 is 1. The van der Waals surface area contributed by atoms with Crippen molar-refractivity contribution in [3.05, 3.63) is 30.1 Å². The molecule has 0 saturated carbocycles. The molecule has 0 N–H and O–H groups in total. The van der Waals surface area contributed by atoms with E-state index in [2.05, 4.69) is 36.1 Å². The van der Waals surface area contributed by atoms with E-state index in [0.29, 0.717) is 5.92 Å². The largest absolute Gasteiger partial charge is 0.495 e. The number of hydrogen-bond donors (Lipinski definition) is 0. The van der Waals surface area contributed by atoms with Gasteiger partial charge >= 0.3 is 0 Å². The highest BCUT2D eigenvalue weighted by Gasteiger charge is 2.20. The Balaban J connectivity index is 2.25. The van der Waals surface area contributed by atoms with Crippen molar-refractivity contribution in [2.24, 2.45) is 5.92 Å². The van der Waals surface area contributed by atoms with Crippen molar-refractivity contribution in [1.82, 2.24) is 9.88 Å². The van der Waals surface area contributed by atoms with Crippen LogP contribution in [0.3, 0.4) is 0 Å². The normalized spacial score (nSPS) is 19.8. The molecule has 0 aromatic carbocycles. The standard InChI is InChI=1S/C15H22N2O/c1-17(2)11-12-6-4-5-7-15(12)13-8-14(18-3)10-16-9-13/h7-10,12H,4-6,11H2,1-3H3. The van der Waals surface area contributed by atoms with Gasteiger partial charge in [0.2, 0.25) is 0 Å². The predicted molar refractivity (Wildman–Crippen MR) is 74.7 cm³/mol. The molecular formula is C15H22N2O. The molecule has 1 aliphatic carbocycles. The van der Waals surface area contributed by atoms with Crippen molar-refractivity contribution in [2.45, 2.75) is 19.3 Å². The van der Waals surface area contributed by atoms with Gasteiger partial charge in [-0.15, -0.1) is 0 Å². The zero-order chi connectivity index (χ0) is 13.0. The summed E-state index contributed by atoms with van der Waals surface area (Å²) in [5.74, 6) is 1.45. The maximum Gasteiger partial charge on any atom is 0.137 e. The minimum atomic E-state index is 0.614. The van der Waals surface area contributed by atoms with Gasteiger partial charge in [-0.1, -0.05) is 6.08 Å². The summed E-state index contributed by atoms with van der Waals surface area (Å²) in [6.07, 6.45) is 9.81. The van der Waals surface area contributed by atoms with Crippen LogP contribution in [0.15, 0.2) is 24.5 Å². The molecule has 98 valence electrons. The van der Waals surface area contributed by atoms with Crippen molar-refractivity contribution < 1.29 is 4.74 Å². The fourth-order valence-corrected chi connectivity index (χ4v) is 2.62. The zero-order valence-electron chi connectivity index (χ0n) is 11.5. The highest BCUT2D eigenvalue weighted by molar-refractivity contribution is 5.68. The van der Waals surface area contributed by atoms with Crippen molar-refractivity contribution in [2.75, 3.05) is 27.7 Å². The quantitative estimate of drug-likeness (QED) is 0.817. The molecule has 1 aromatic heterocycles. The van der Waals surface area contributed by atoms with E-state index < -0.39 is 0 Å². The van der Waals surface area contributed by atoms with Gasteiger partial charge in [0.15, 0.2) is 0 Å². The fraction of sp³-hybridized carbons (Fsp3) is 0.533. The topological polar surface area (TPSA) is 25.4 Å². The van der Waals surface area contributed by atoms with Gasteiger partial charge in [0.25, 0.3) is 0 Å². The minimum absolute atomic E-state index is 0.614. The van der Waals surface area contributed by atoms with E-state index in [1.165, 1.54) is 30.4 Å². The Hall–Kier alpha value is -1.35. The SMILES string of the molecule is COc1cncc(C2=CCCCC2CN(C)C)c1. The van der Waals surface area contributed by atoms with Crippen molar-refractivity contribution in [1.29, 1.82) is 0 Å². The Morgan fingerprint density at radius 1 is 1.39 bits per heavy atom. The molecule has 1 atom stereocenters. The molecule has 3 heteroatoms. The number of pyridine rings is 1. The van der Waals surface area contributed by atoms with Gasteiger partial charge in [-0.2, -0.15) is 0 Å². The van der Waals surface area contributed by atoms with Crippen LogP contribution in [0.5, 0.6) is 5.75 Å². The third-order valence-corrected chi connectivity index (χ3v) is 3.43. The molecule has 0 radical (unpaired) electrons. The molecule has 0 amide bonds. The first-order valence-corrected chi connectivity index (χ1v) is 6.55. The average Bonchev–Trinajstić information content (AvgIpc) is 2.39. The molecular weight excluding hydrogens is 224 g/mol. The van der Waals surface area contributed by atoms with Crippen molar-refractivity contribution in [3.8, 4) is 5.75 Å². The van der Waals surface area contributed by atoms with E-state index in [9.17, 15) is 0 Å². The van der Waals surface area contributed by atoms with E-state index in [-0.39, 0.29) is 0 Å². The van der Waals surface area contributed by atoms with Crippen LogP contribution in [0.4, 0.5) is 0 Å². The average molecular weight is 246 g/mol. The van der Waals surface area contributed by atoms with E-state index in [0.717, 1.165) is 12.3 Å². The van der Waals surface area contributed by atoms with Gasteiger partial charge in [0.05, 0.1) is 13.3 Å². The molecule has 18 heavy (non-hydrogen) atoms. The number of hydrogen-bond acceptors (Lipinski definition) is 3. The summed E-state index contributed by atoms with van der Waals surface area (Å²) >= 11 is 0. The second-order valence-corrected chi connectivity index (χ2v) is 5.16. The van der Waals surface area contributed by atoms with Crippen LogP contribution < -0.4 is 4.74 Å². The maximum absolute atomic E-state index is 5.26. The summed E-state index contributed by atoms with van der Waals surface area (Å²) in [6.45, 7) is 1.10. The third-order valence-electron chi connectivity index (χ3n) is 3.43. The first-order valence-electron chi connectivity index (χ1n) is 6.55. The third kappa shape index (κ3) is 3.10. The van der Waals surface area contributed by atoms with Gasteiger partial charge in [0.1, 0.15) is 5.75 Å². The van der Waals surface area contributed by atoms with Crippen LogP contribution in [0.2, 0.25) is 0 Å². The zero-order valence-corrected chi connectivity index (χ0v) is 11.5. The van der Waals surface area contributed by atoms with Gasteiger partial charge in [0, 0.05) is 12.7 Å². The van der Waals surface area contributed by atoms with Gasteiger partial charge in [-0.05, 0) is 56.5 Å². The summed E-state index contributed by atoms with van der Waals surface area (Å²) in [6, 6.07) is 2.09. The second kappa shape index (κ2) is 6.01. The van der Waals surface area contributed by atoms with Crippen molar-refractivity contribution in [3.63, 3.8) is 0 Å². The van der Waals surface area contributed by atoms with E-state index in [1.807, 2.05) is 6.20 Å². The Morgan fingerprint density at radius 2 is 2.22 bits per heavy atom. The van der Waals surface area contributed by atoms with Crippen LogP contribution >= 0.6 is 0 Å². The monoisotopic (exact) mass is 246 g/mol. The fourth-order valence-electron chi connectivity index (χ4n) is 2.62. The molecule has 1 aliphatic rings. The summed E-state index contributed by atoms with van der Waals surface area (Å²) in [7, 11) is 5.96. The van der Waals surface area contributed by atoms with E-state index in [4.69, 9.17) is 4.74 Å². The number of aromatic nitrogens is 1. The first kappa shape index (κ1) is 13.1. The predicted octanol–water partition coefficient (Wildman–Crippen LogP) is 2.84. The number of allylic oxidation sites excluding steroid dienone is 1. The molecule has 1 heterocycles. The Morgan fingerprint density at radius 3 is 2.94 bits per heavy atom. The number of nitrogens with zero attached hydrogens (tertiary/aromatic N) is 2. The molecule has 0 aliphatic heterocycles. The van der Waals surface area contributed by atoms with Crippen LogP contribution in [-0.2, 0) is 0 Å². The summed E-state index contributed by atoms with van der Waals surface area (Å²) < 4.78 is 5.26. The Labute approximate surface area is 109 Å². The van der Waals surface area contributed by atoms with Gasteiger partial charge in [-0.25, -0.2) is 0 Å². The smallest absolute Gasteiger partial charge is 0.137 e. The maximum atomic E-state index is 5.26. The summed E-state index contributed by atoms with van der Waals surface area (Å²) in [4.78, 5) is 6.53. The minimum Gasteiger partial charge on any atom is -0.495 e. The lowest BCUT2D eigenvalue weighted by atomic mass is 9.84. The molecule has 0 fully saturated rings. The lowest BCUT2D eigenvalue weighted by molar-refractivity contribution is 0.346.